The van der Waals surface area contributed by atoms with Crippen molar-refractivity contribution in [3.63, 3.8) is 0 Å². The predicted octanol–water partition coefficient (Wildman–Crippen LogP) is 5.02. The molecule has 0 bridgehead atoms. The molecule has 0 atom stereocenters. The van der Waals surface area contributed by atoms with Gasteiger partial charge < -0.3 is 18.9 Å². The molecule has 26 heavy (non-hydrogen) atoms. The Kier molecular flexibility index (Phi) is 6.92. The second-order valence-electron chi connectivity index (χ2n) is 6.38. The molecule has 4 heteroatoms. The summed E-state index contributed by atoms with van der Waals surface area (Å²) >= 11 is 0. The SMILES string of the molecule is CCCOCOc1c2c(c(OCOCCC)c3ccccc13)CC=CC2. The van der Waals surface area contributed by atoms with E-state index in [2.05, 4.69) is 38.1 Å². The lowest BCUT2D eigenvalue weighted by atomic mass is 9.91. The molecule has 0 amide bonds. The average molecular weight is 356 g/mol. The van der Waals surface area contributed by atoms with Crippen molar-refractivity contribution in [1.82, 2.24) is 0 Å². The molecule has 0 radical (unpaired) electrons. The fourth-order valence-corrected chi connectivity index (χ4v) is 3.25. The second-order valence-corrected chi connectivity index (χ2v) is 6.38. The maximum absolute atomic E-state index is 6.07. The fourth-order valence-electron chi connectivity index (χ4n) is 3.25. The van der Waals surface area contributed by atoms with Gasteiger partial charge in [0.1, 0.15) is 11.5 Å². The summed E-state index contributed by atoms with van der Waals surface area (Å²) in [6.07, 6.45) is 8.03. The summed E-state index contributed by atoms with van der Waals surface area (Å²) in [5.74, 6) is 1.83. The standard InChI is InChI=1S/C22H28O4/c1-3-13-23-15-25-21-17-9-5-7-11-19(17)22(26-16-24-14-4-2)20-12-8-6-10-18(20)21/h5-9,11H,3-4,10,12-16H2,1-2H3. The highest BCUT2D eigenvalue weighted by molar-refractivity contribution is 5.96. The first-order chi connectivity index (χ1) is 12.9. The summed E-state index contributed by atoms with van der Waals surface area (Å²) in [5.41, 5.74) is 2.38. The van der Waals surface area contributed by atoms with Gasteiger partial charge in [-0.3, -0.25) is 0 Å². The molecule has 140 valence electrons. The molecule has 0 N–H and O–H groups in total. The molecular formula is C22H28O4. The van der Waals surface area contributed by atoms with Crippen molar-refractivity contribution in [2.24, 2.45) is 0 Å². The molecule has 0 aliphatic heterocycles. The number of benzene rings is 2. The van der Waals surface area contributed by atoms with E-state index < -0.39 is 0 Å². The summed E-state index contributed by atoms with van der Waals surface area (Å²) in [4.78, 5) is 0. The highest BCUT2D eigenvalue weighted by Gasteiger charge is 2.22. The number of hydrogen-bond donors (Lipinski definition) is 0. The molecule has 2 aromatic rings. The van der Waals surface area contributed by atoms with E-state index in [1.54, 1.807) is 0 Å². The van der Waals surface area contributed by atoms with Crippen molar-refractivity contribution in [3.8, 4) is 11.5 Å². The Bertz CT molecular complexity index is 689. The van der Waals surface area contributed by atoms with Crippen LogP contribution in [-0.2, 0) is 22.3 Å². The maximum atomic E-state index is 6.07. The first-order valence-corrected chi connectivity index (χ1v) is 9.49. The molecule has 0 saturated carbocycles. The van der Waals surface area contributed by atoms with E-state index in [4.69, 9.17) is 18.9 Å². The van der Waals surface area contributed by atoms with E-state index in [-0.39, 0.29) is 13.6 Å². The van der Waals surface area contributed by atoms with Gasteiger partial charge in [0.2, 0.25) is 0 Å². The molecule has 1 aliphatic rings. The van der Waals surface area contributed by atoms with Gasteiger partial charge in [0, 0.05) is 21.9 Å². The molecule has 4 nitrogen and oxygen atoms in total. The third kappa shape index (κ3) is 4.19. The molecule has 0 spiro atoms. The van der Waals surface area contributed by atoms with Gasteiger partial charge in [-0.15, -0.1) is 0 Å². The van der Waals surface area contributed by atoms with Gasteiger partial charge in [-0.2, -0.15) is 0 Å². The molecule has 0 fully saturated rings. The van der Waals surface area contributed by atoms with E-state index in [1.165, 1.54) is 11.1 Å². The lowest BCUT2D eigenvalue weighted by molar-refractivity contribution is 0.0139. The first kappa shape index (κ1) is 18.7. The van der Waals surface area contributed by atoms with Gasteiger partial charge in [0.05, 0.1) is 13.2 Å². The quantitative estimate of drug-likeness (QED) is 0.340. The summed E-state index contributed by atoms with van der Waals surface area (Å²) in [5, 5.41) is 2.12. The van der Waals surface area contributed by atoms with Gasteiger partial charge in [-0.05, 0) is 25.7 Å². The molecule has 0 heterocycles. The first-order valence-electron chi connectivity index (χ1n) is 9.49. The summed E-state index contributed by atoms with van der Waals surface area (Å²) < 4.78 is 23.3. The van der Waals surface area contributed by atoms with Crippen LogP contribution in [0, 0.1) is 0 Å². The number of fused-ring (bicyclic) bond motifs is 2. The number of allylic oxidation sites excluding steroid dienone is 2. The van der Waals surface area contributed by atoms with Gasteiger partial charge in [0.15, 0.2) is 13.6 Å². The Labute approximate surface area is 155 Å². The van der Waals surface area contributed by atoms with E-state index >= 15 is 0 Å². The molecular weight excluding hydrogens is 328 g/mol. The minimum absolute atomic E-state index is 0.272. The zero-order valence-electron chi connectivity index (χ0n) is 15.8. The van der Waals surface area contributed by atoms with Crippen LogP contribution in [0.2, 0.25) is 0 Å². The van der Waals surface area contributed by atoms with Crippen LogP contribution in [0.15, 0.2) is 36.4 Å². The summed E-state index contributed by atoms with van der Waals surface area (Å²) in [6.45, 7) is 6.14. The summed E-state index contributed by atoms with van der Waals surface area (Å²) in [7, 11) is 0. The van der Waals surface area contributed by atoms with E-state index in [1.807, 2.05) is 12.1 Å². The number of hydrogen-bond acceptors (Lipinski definition) is 4. The number of ether oxygens (including phenoxy) is 4. The lowest BCUT2D eigenvalue weighted by Gasteiger charge is -2.23. The Morgan fingerprint density at radius 3 is 1.62 bits per heavy atom. The van der Waals surface area contributed by atoms with Gasteiger partial charge >= 0.3 is 0 Å². The van der Waals surface area contributed by atoms with Crippen LogP contribution in [0.5, 0.6) is 11.5 Å². The van der Waals surface area contributed by atoms with Crippen molar-refractivity contribution < 1.29 is 18.9 Å². The van der Waals surface area contributed by atoms with Crippen molar-refractivity contribution in [2.75, 3.05) is 26.8 Å². The van der Waals surface area contributed by atoms with Crippen molar-refractivity contribution in [2.45, 2.75) is 39.5 Å². The highest BCUT2D eigenvalue weighted by Crippen LogP contribution is 2.43. The predicted molar refractivity (Wildman–Crippen MR) is 104 cm³/mol. The van der Waals surface area contributed by atoms with Crippen LogP contribution >= 0.6 is 0 Å². The maximum Gasteiger partial charge on any atom is 0.189 e. The Balaban J connectivity index is 1.97. The third-order valence-corrected chi connectivity index (χ3v) is 4.41. The molecule has 1 aliphatic carbocycles. The van der Waals surface area contributed by atoms with Crippen LogP contribution in [0.25, 0.3) is 10.8 Å². The van der Waals surface area contributed by atoms with Crippen LogP contribution in [0.3, 0.4) is 0 Å². The van der Waals surface area contributed by atoms with Crippen LogP contribution in [0.1, 0.15) is 37.8 Å². The van der Waals surface area contributed by atoms with Crippen molar-refractivity contribution in [3.05, 3.63) is 47.5 Å². The van der Waals surface area contributed by atoms with Gasteiger partial charge in [-0.25, -0.2) is 0 Å². The topological polar surface area (TPSA) is 36.9 Å². The normalized spacial score (nSPS) is 13.0. The Hall–Kier alpha value is -2.04. The Morgan fingerprint density at radius 2 is 1.19 bits per heavy atom. The third-order valence-electron chi connectivity index (χ3n) is 4.41. The van der Waals surface area contributed by atoms with Gasteiger partial charge in [-0.1, -0.05) is 50.3 Å². The largest absolute Gasteiger partial charge is 0.467 e. The number of rotatable bonds is 10. The monoisotopic (exact) mass is 356 g/mol. The molecule has 2 aromatic carbocycles. The average Bonchev–Trinajstić information content (AvgIpc) is 2.69. The lowest BCUT2D eigenvalue weighted by Crippen LogP contribution is -2.11. The van der Waals surface area contributed by atoms with Crippen LogP contribution < -0.4 is 9.47 Å². The molecule has 0 aromatic heterocycles. The second kappa shape index (κ2) is 9.60. The van der Waals surface area contributed by atoms with Crippen LogP contribution in [0.4, 0.5) is 0 Å². The highest BCUT2D eigenvalue weighted by atomic mass is 16.7. The minimum Gasteiger partial charge on any atom is -0.467 e. The molecule has 3 rings (SSSR count). The fraction of sp³-hybridized carbons (Fsp3) is 0.455. The van der Waals surface area contributed by atoms with Gasteiger partial charge in [0.25, 0.3) is 0 Å². The van der Waals surface area contributed by atoms with Crippen molar-refractivity contribution >= 4 is 10.8 Å². The zero-order valence-corrected chi connectivity index (χ0v) is 15.8. The van der Waals surface area contributed by atoms with Crippen molar-refractivity contribution in [1.29, 1.82) is 0 Å². The molecule has 0 unspecified atom stereocenters. The van der Waals surface area contributed by atoms with E-state index in [9.17, 15) is 0 Å². The Morgan fingerprint density at radius 1 is 0.731 bits per heavy atom. The zero-order chi connectivity index (χ0) is 18.2. The van der Waals surface area contributed by atoms with E-state index in [0.717, 1.165) is 48.0 Å². The van der Waals surface area contributed by atoms with E-state index in [0.29, 0.717) is 13.2 Å². The smallest absolute Gasteiger partial charge is 0.189 e. The summed E-state index contributed by atoms with van der Waals surface area (Å²) in [6, 6.07) is 8.24. The minimum atomic E-state index is 0.272. The molecule has 0 saturated heterocycles. The van der Waals surface area contributed by atoms with Crippen LogP contribution in [-0.4, -0.2) is 26.8 Å².